The highest BCUT2D eigenvalue weighted by Crippen LogP contribution is 2.28. The molecule has 0 spiro atoms. The van der Waals surface area contributed by atoms with Crippen molar-refractivity contribution >= 4 is 47.3 Å². The van der Waals surface area contributed by atoms with Gasteiger partial charge in [0, 0.05) is 34.7 Å². The number of halogens is 3. The molecular weight excluding hydrogens is 425 g/mol. The summed E-state index contributed by atoms with van der Waals surface area (Å²) in [4.78, 5) is 0. The minimum absolute atomic E-state index is 0. The predicted molar refractivity (Wildman–Crippen MR) is 129 cm³/mol. The zero-order valence-electron chi connectivity index (χ0n) is 16.8. The zero-order valence-corrected chi connectivity index (χ0v) is 19.2. The van der Waals surface area contributed by atoms with Crippen LogP contribution in [-0.4, -0.2) is 24.2 Å². The average molecular weight is 455 g/mol. The average Bonchev–Trinajstić information content (AvgIpc) is 2.96. The number of para-hydroxylation sites is 1. The van der Waals surface area contributed by atoms with Crippen LogP contribution in [0, 0.1) is 12.8 Å². The van der Waals surface area contributed by atoms with E-state index in [0.717, 1.165) is 49.2 Å². The third kappa shape index (κ3) is 5.48. The van der Waals surface area contributed by atoms with Gasteiger partial charge in [0.15, 0.2) is 0 Å². The van der Waals surface area contributed by atoms with Crippen molar-refractivity contribution < 1.29 is 0 Å². The van der Waals surface area contributed by atoms with E-state index < -0.39 is 0 Å². The molecule has 3 aromatic rings. The van der Waals surface area contributed by atoms with E-state index in [-0.39, 0.29) is 24.8 Å². The molecule has 0 saturated carbocycles. The first-order valence-corrected chi connectivity index (χ1v) is 10.3. The van der Waals surface area contributed by atoms with Crippen molar-refractivity contribution in [1.29, 1.82) is 0 Å². The van der Waals surface area contributed by atoms with Gasteiger partial charge >= 0.3 is 0 Å². The molecule has 1 fully saturated rings. The van der Waals surface area contributed by atoms with Crippen molar-refractivity contribution in [3.63, 3.8) is 0 Å². The van der Waals surface area contributed by atoms with Crippen LogP contribution >= 0.6 is 36.4 Å². The first-order chi connectivity index (χ1) is 13.2. The Balaban J connectivity index is 0.00000150. The van der Waals surface area contributed by atoms with Gasteiger partial charge in [-0.15, -0.1) is 24.8 Å². The second kappa shape index (κ2) is 11.2. The smallest absolute Gasteiger partial charge is 0.0493 e. The summed E-state index contributed by atoms with van der Waals surface area (Å²) >= 11 is 6.42. The zero-order chi connectivity index (χ0) is 18.6. The van der Waals surface area contributed by atoms with E-state index in [9.17, 15) is 0 Å². The van der Waals surface area contributed by atoms with Crippen LogP contribution in [0.3, 0.4) is 0 Å². The van der Waals surface area contributed by atoms with E-state index in [2.05, 4.69) is 58.5 Å². The predicted octanol–water partition coefficient (Wildman–Crippen LogP) is 5.58. The highest BCUT2D eigenvalue weighted by Gasteiger charge is 2.16. The SMILES string of the molecule is Cc1c(CNCC2CCNCC2)c2ccccc2n1Cc1ccccc1Cl.Cl.Cl. The van der Waals surface area contributed by atoms with E-state index in [1.807, 2.05) is 12.1 Å². The summed E-state index contributed by atoms with van der Waals surface area (Å²) in [6.45, 7) is 7.38. The summed E-state index contributed by atoms with van der Waals surface area (Å²) < 4.78 is 2.40. The Labute approximate surface area is 191 Å². The standard InChI is InChI=1S/C23H28ClN3.2ClH/c1-17-21(15-26-14-18-10-12-25-13-11-18)20-7-3-5-9-23(20)27(17)16-19-6-2-4-8-22(19)24;;/h2-9,18,25-26H,10-16H2,1H3;2*1H. The molecule has 1 aromatic heterocycles. The third-order valence-electron chi connectivity index (χ3n) is 5.84. The molecule has 158 valence electrons. The second-order valence-electron chi connectivity index (χ2n) is 7.58. The Hall–Kier alpha value is -1.23. The quantitative estimate of drug-likeness (QED) is 0.509. The minimum atomic E-state index is 0. The van der Waals surface area contributed by atoms with Gasteiger partial charge in [0.05, 0.1) is 0 Å². The van der Waals surface area contributed by atoms with E-state index in [1.54, 1.807) is 0 Å². The molecule has 4 rings (SSSR count). The van der Waals surface area contributed by atoms with Gasteiger partial charge in [0.1, 0.15) is 0 Å². The molecule has 3 nitrogen and oxygen atoms in total. The summed E-state index contributed by atoms with van der Waals surface area (Å²) in [6, 6.07) is 16.9. The van der Waals surface area contributed by atoms with E-state index >= 15 is 0 Å². The van der Waals surface area contributed by atoms with Crippen molar-refractivity contribution in [2.45, 2.75) is 32.9 Å². The summed E-state index contributed by atoms with van der Waals surface area (Å²) in [7, 11) is 0. The maximum absolute atomic E-state index is 6.42. The summed E-state index contributed by atoms with van der Waals surface area (Å²) in [5, 5.41) is 9.35. The Morgan fingerprint density at radius 1 is 1.03 bits per heavy atom. The van der Waals surface area contributed by atoms with Gasteiger partial charge in [0.2, 0.25) is 0 Å². The van der Waals surface area contributed by atoms with Gasteiger partial charge in [-0.3, -0.25) is 0 Å². The third-order valence-corrected chi connectivity index (χ3v) is 6.21. The Morgan fingerprint density at radius 2 is 1.72 bits per heavy atom. The molecule has 2 N–H and O–H groups in total. The fourth-order valence-electron chi connectivity index (χ4n) is 4.21. The van der Waals surface area contributed by atoms with E-state index in [0.29, 0.717) is 0 Å². The number of hydrogen-bond acceptors (Lipinski definition) is 2. The van der Waals surface area contributed by atoms with Gasteiger partial charge in [-0.2, -0.15) is 0 Å². The molecule has 1 aliphatic rings. The molecular formula is C23H30Cl3N3. The van der Waals surface area contributed by atoms with Crippen LogP contribution in [0.15, 0.2) is 48.5 Å². The Bertz CT molecular complexity index is 917. The van der Waals surface area contributed by atoms with E-state index in [1.165, 1.54) is 35.0 Å². The van der Waals surface area contributed by atoms with Crippen molar-refractivity contribution in [2.24, 2.45) is 5.92 Å². The fourth-order valence-corrected chi connectivity index (χ4v) is 4.41. The Morgan fingerprint density at radius 3 is 2.48 bits per heavy atom. The van der Waals surface area contributed by atoms with Crippen LogP contribution in [0.25, 0.3) is 10.9 Å². The number of fused-ring (bicyclic) bond motifs is 1. The van der Waals surface area contributed by atoms with Crippen molar-refractivity contribution in [3.8, 4) is 0 Å². The lowest BCUT2D eigenvalue weighted by atomic mass is 9.98. The molecule has 0 bridgehead atoms. The maximum Gasteiger partial charge on any atom is 0.0493 e. The molecule has 1 aliphatic heterocycles. The molecule has 2 aromatic carbocycles. The topological polar surface area (TPSA) is 29.0 Å². The molecule has 0 atom stereocenters. The number of rotatable bonds is 6. The molecule has 1 saturated heterocycles. The number of nitrogens with zero attached hydrogens (tertiary/aromatic N) is 1. The van der Waals surface area contributed by atoms with Crippen LogP contribution in [0.4, 0.5) is 0 Å². The van der Waals surface area contributed by atoms with Gasteiger partial charge in [-0.25, -0.2) is 0 Å². The number of aromatic nitrogens is 1. The Kier molecular flexibility index (Phi) is 9.32. The van der Waals surface area contributed by atoms with Crippen LogP contribution in [0.5, 0.6) is 0 Å². The molecule has 2 heterocycles. The molecule has 0 unspecified atom stereocenters. The number of nitrogens with one attached hydrogen (secondary N) is 2. The normalized spacial score (nSPS) is 14.4. The monoisotopic (exact) mass is 453 g/mol. The van der Waals surface area contributed by atoms with Gasteiger partial charge in [-0.05, 0) is 68.6 Å². The molecule has 0 aliphatic carbocycles. The molecule has 0 amide bonds. The van der Waals surface area contributed by atoms with Crippen LogP contribution in [0.2, 0.25) is 5.02 Å². The van der Waals surface area contributed by atoms with E-state index in [4.69, 9.17) is 11.6 Å². The number of benzene rings is 2. The van der Waals surface area contributed by atoms with Crippen LogP contribution in [-0.2, 0) is 13.1 Å². The fraction of sp³-hybridized carbons (Fsp3) is 0.391. The van der Waals surface area contributed by atoms with Crippen molar-refractivity contribution in [1.82, 2.24) is 15.2 Å². The van der Waals surface area contributed by atoms with Gasteiger partial charge in [0.25, 0.3) is 0 Å². The molecule has 29 heavy (non-hydrogen) atoms. The molecule has 0 radical (unpaired) electrons. The van der Waals surface area contributed by atoms with Gasteiger partial charge in [-0.1, -0.05) is 48.0 Å². The lowest BCUT2D eigenvalue weighted by Crippen LogP contribution is -2.33. The minimum Gasteiger partial charge on any atom is -0.340 e. The van der Waals surface area contributed by atoms with Crippen molar-refractivity contribution in [2.75, 3.05) is 19.6 Å². The largest absolute Gasteiger partial charge is 0.340 e. The first kappa shape index (κ1) is 24.0. The second-order valence-corrected chi connectivity index (χ2v) is 7.99. The number of piperidine rings is 1. The number of hydrogen-bond donors (Lipinski definition) is 2. The first-order valence-electron chi connectivity index (χ1n) is 9.95. The van der Waals surface area contributed by atoms with Crippen molar-refractivity contribution in [3.05, 3.63) is 70.4 Å². The summed E-state index contributed by atoms with van der Waals surface area (Å²) in [5.41, 5.74) is 5.19. The molecule has 6 heteroatoms. The van der Waals surface area contributed by atoms with Crippen LogP contribution < -0.4 is 10.6 Å². The lowest BCUT2D eigenvalue weighted by molar-refractivity contribution is 0.356. The maximum atomic E-state index is 6.42. The summed E-state index contributed by atoms with van der Waals surface area (Å²) in [6.07, 6.45) is 2.56. The highest BCUT2D eigenvalue weighted by molar-refractivity contribution is 6.31. The highest BCUT2D eigenvalue weighted by atomic mass is 35.5. The lowest BCUT2D eigenvalue weighted by Gasteiger charge is -2.22. The van der Waals surface area contributed by atoms with Gasteiger partial charge < -0.3 is 15.2 Å². The summed E-state index contributed by atoms with van der Waals surface area (Å²) in [5.74, 6) is 0.794. The van der Waals surface area contributed by atoms with Crippen LogP contribution in [0.1, 0.15) is 29.7 Å².